The number of aryl methyl sites for hydroxylation is 2. The molecule has 3 aromatic heterocycles. The molecule has 0 aliphatic heterocycles. The number of rotatable bonds is 6. The normalized spacial score (nSPS) is 11.5. The predicted octanol–water partition coefficient (Wildman–Crippen LogP) is 3.41. The lowest BCUT2D eigenvalue weighted by atomic mass is 10.1. The Balaban J connectivity index is 1.58. The van der Waals surface area contributed by atoms with Gasteiger partial charge < -0.3 is 18.8 Å². The molecule has 1 amide bonds. The fraction of sp³-hybridized carbons (Fsp3) is 0.261. The molecule has 9 nitrogen and oxygen atoms in total. The van der Waals surface area contributed by atoms with Crippen LogP contribution in [0.3, 0.4) is 0 Å². The molecular formula is C23H20F3N7O2. The van der Waals surface area contributed by atoms with E-state index in [-0.39, 0.29) is 41.8 Å². The number of nitriles is 1. The van der Waals surface area contributed by atoms with Crippen molar-refractivity contribution in [1.29, 1.82) is 5.26 Å². The molecule has 4 rings (SSSR count). The number of halogens is 3. The van der Waals surface area contributed by atoms with Gasteiger partial charge in [-0.2, -0.15) is 18.4 Å². The van der Waals surface area contributed by atoms with Crippen molar-refractivity contribution < 1.29 is 22.7 Å². The van der Waals surface area contributed by atoms with E-state index in [1.165, 1.54) is 42.9 Å². The van der Waals surface area contributed by atoms with Gasteiger partial charge >= 0.3 is 6.18 Å². The van der Waals surface area contributed by atoms with Gasteiger partial charge in [-0.05, 0) is 24.3 Å². The molecule has 4 aromatic rings. The van der Waals surface area contributed by atoms with Gasteiger partial charge in [0.1, 0.15) is 29.6 Å². The molecule has 0 aliphatic carbocycles. The monoisotopic (exact) mass is 483 g/mol. The van der Waals surface area contributed by atoms with Gasteiger partial charge in [0.2, 0.25) is 0 Å². The number of hydrogen-bond donors (Lipinski definition) is 0. The molecule has 0 unspecified atom stereocenters. The quantitative estimate of drug-likeness (QED) is 0.417. The van der Waals surface area contributed by atoms with Gasteiger partial charge in [0.25, 0.3) is 5.91 Å². The first-order valence-corrected chi connectivity index (χ1v) is 10.4. The van der Waals surface area contributed by atoms with Crippen molar-refractivity contribution in [3.05, 3.63) is 60.1 Å². The van der Waals surface area contributed by atoms with Crippen molar-refractivity contribution in [3.8, 4) is 23.1 Å². The Kier molecular flexibility index (Phi) is 6.17. The smallest absolute Gasteiger partial charge is 0.419 e. The fourth-order valence-corrected chi connectivity index (χ4v) is 3.54. The van der Waals surface area contributed by atoms with Crippen LogP contribution in [0.25, 0.3) is 22.3 Å². The van der Waals surface area contributed by atoms with Crippen LogP contribution in [0, 0.1) is 11.3 Å². The maximum atomic E-state index is 13.9. The van der Waals surface area contributed by atoms with Gasteiger partial charge in [-0.15, -0.1) is 0 Å². The molecular weight excluding hydrogens is 463 g/mol. The molecule has 3 heterocycles. The lowest BCUT2D eigenvalue weighted by Gasteiger charge is -2.19. The number of benzene rings is 1. The number of fused-ring (bicyclic) bond motifs is 1. The third kappa shape index (κ3) is 4.65. The SMILES string of the molecule is CN(CCOc1ccc(-c2cc3c(ncn3C)c(C#N)n2)cc1C(F)(F)F)C(=O)c1cncn1C. The van der Waals surface area contributed by atoms with Crippen molar-refractivity contribution in [1.82, 2.24) is 29.0 Å². The lowest BCUT2D eigenvalue weighted by molar-refractivity contribution is -0.138. The summed E-state index contributed by atoms with van der Waals surface area (Å²) in [4.78, 5) is 26.0. The van der Waals surface area contributed by atoms with Crippen LogP contribution in [0.15, 0.2) is 43.1 Å². The summed E-state index contributed by atoms with van der Waals surface area (Å²) in [6.45, 7) is -0.0897. The Bertz CT molecular complexity index is 1450. The topological polar surface area (TPSA) is 102 Å². The average Bonchev–Trinajstić information content (AvgIpc) is 3.42. The van der Waals surface area contributed by atoms with Gasteiger partial charge in [0.05, 0.1) is 42.2 Å². The number of carbonyl (C=O) groups is 1. The molecule has 0 atom stereocenters. The Morgan fingerprint density at radius 3 is 2.63 bits per heavy atom. The average molecular weight is 483 g/mol. The second-order valence-corrected chi connectivity index (χ2v) is 7.86. The highest BCUT2D eigenvalue weighted by molar-refractivity contribution is 5.92. The summed E-state index contributed by atoms with van der Waals surface area (Å²) in [6.07, 6.45) is -0.300. The molecule has 0 fully saturated rings. The molecule has 180 valence electrons. The van der Waals surface area contributed by atoms with Crippen LogP contribution in [-0.4, -0.2) is 55.1 Å². The minimum atomic E-state index is -4.70. The standard InChI is InChI=1S/C23H20F3N7O2/c1-31(22(34)19-11-28-12-32(19)2)6-7-35-20-5-4-14(8-15(20)23(24,25)26)16-9-18-21(17(10-27)30-16)29-13-33(18)3/h4-5,8-9,11-13H,6-7H2,1-3H3. The van der Waals surface area contributed by atoms with Gasteiger partial charge in [-0.3, -0.25) is 4.79 Å². The Hall–Kier alpha value is -4.40. The first kappa shape index (κ1) is 23.7. The van der Waals surface area contributed by atoms with Crippen LogP contribution in [0.2, 0.25) is 0 Å². The third-order valence-corrected chi connectivity index (χ3v) is 5.47. The van der Waals surface area contributed by atoms with Crippen molar-refractivity contribution in [2.24, 2.45) is 14.1 Å². The lowest BCUT2D eigenvalue weighted by Crippen LogP contribution is -2.32. The number of aromatic nitrogens is 5. The number of likely N-dealkylation sites (N-methyl/N-ethyl adjacent to an activating group) is 1. The number of hydrogen-bond acceptors (Lipinski definition) is 6. The molecule has 0 aliphatic rings. The summed E-state index contributed by atoms with van der Waals surface area (Å²) in [5.41, 5.74) is 0.710. The predicted molar refractivity (Wildman–Crippen MR) is 119 cm³/mol. The number of ether oxygens (including phenoxy) is 1. The van der Waals surface area contributed by atoms with Crippen LogP contribution < -0.4 is 4.74 Å². The number of imidazole rings is 2. The van der Waals surface area contributed by atoms with Crippen molar-refractivity contribution in [2.45, 2.75) is 6.18 Å². The maximum absolute atomic E-state index is 13.9. The van der Waals surface area contributed by atoms with E-state index in [2.05, 4.69) is 15.0 Å². The van der Waals surface area contributed by atoms with Crippen molar-refractivity contribution in [3.63, 3.8) is 0 Å². The summed E-state index contributed by atoms with van der Waals surface area (Å²) < 4.78 is 50.2. The number of nitrogens with zero attached hydrogens (tertiary/aromatic N) is 7. The van der Waals surface area contributed by atoms with E-state index in [1.54, 1.807) is 29.3 Å². The van der Waals surface area contributed by atoms with E-state index in [9.17, 15) is 23.2 Å². The number of carbonyl (C=O) groups excluding carboxylic acids is 1. The molecule has 12 heteroatoms. The largest absolute Gasteiger partial charge is 0.491 e. The van der Waals surface area contributed by atoms with Crippen molar-refractivity contribution >= 4 is 16.9 Å². The molecule has 0 N–H and O–H groups in total. The zero-order valence-electron chi connectivity index (χ0n) is 19.0. The number of amides is 1. The first-order chi connectivity index (χ1) is 16.6. The summed E-state index contributed by atoms with van der Waals surface area (Å²) >= 11 is 0. The highest BCUT2D eigenvalue weighted by Gasteiger charge is 2.35. The van der Waals surface area contributed by atoms with Crippen LogP contribution in [0.5, 0.6) is 5.75 Å². The molecule has 1 aromatic carbocycles. The maximum Gasteiger partial charge on any atom is 0.419 e. The minimum Gasteiger partial charge on any atom is -0.491 e. The fourth-order valence-electron chi connectivity index (χ4n) is 3.54. The molecule has 0 saturated carbocycles. The van der Waals surface area contributed by atoms with Crippen LogP contribution in [0.1, 0.15) is 21.7 Å². The number of pyridine rings is 1. The zero-order chi connectivity index (χ0) is 25.3. The first-order valence-electron chi connectivity index (χ1n) is 10.4. The van der Waals surface area contributed by atoms with Gasteiger partial charge in [-0.25, -0.2) is 15.0 Å². The molecule has 0 saturated heterocycles. The summed E-state index contributed by atoms with van der Waals surface area (Å²) in [5.74, 6) is -0.699. The highest BCUT2D eigenvalue weighted by Crippen LogP contribution is 2.39. The van der Waals surface area contributed by atoms with Crippen LogP contribution in [0.4, 0.5) is 13.2 Å². The molecule has 0 spiro atoms. The van der Waals surface area contributed by atoms with E-state index in [1.807, 2.05) is 6.07 Å². The van der Waals surface area contributed by atoms with Crippen LogP contribution in [-0.2, 0) is 20.3 Å². The second-order valence-electron chi connectivity index (χ2n) is 7.86. The third-order valence-electron chi connectivity index (χ3n) is 5.47. The minimum absolute atomic E-state index is 0.0214. The molecule has 35 heavy (non-hydrogen) atoms. The summed E-state index contributed by atoms with van der Waals surface area (Å²) in [6, 6.07) is 7.11. The number of alkyl halides is 3. The Labute approximate surface area is 198 Å². The highest BCUT2D eigenvalue weighted by atomic mass is 19.4. The van der Waals surface area contributed by atoms with E-state index < -0.39 is 11.7 Å². The van der Waals surface area contributed by atoms with Gasteiger partial charge in [0, 0.05) is 26.7 Å². The van der Waals surface area contributed by atoms with Crippen molar-refractivity contribution in [2.75, 3.05) is 20.2 Å². The van der Waals surface area contributed by atoms with E-state index >= 15 is 0 Å². The Morgan fingerprint density at radius 2 is 1.97 bits per heavy atom. The Morgan fingerprint density at radius 1 is 1.20 bits per heavy atom. The summed E-state index contributed by atoms with van der Waals surface area (Å²) in [7, 11) is 4.91. The zero-order valence-corrected chi connectivity index (χ0v) is 19.0. The van der Waals surface area contributed by atoms with Gasteiger partial charge in [-0.1, -0.05) is 0 Å². The van der Waals surface area contributed by atoms with Crippen LogP contribution >= 0.6 is 0 Å². The summed E-state index contributed by atoms with van der Waals surface area (Å²) in [5, 5.41) is 9.41. The molecule has 0 radical (unpaired) electrons. The molecule has 0 bridgehead atoms. The van der Waals surface area contributed by atoms with E-state index in [0.717, 1.165) is 6.07 Å². The van der Waals surface area contributed by atoms with E-state index in [4.69, 9.17) is 4.74 Å². The second kappa shape index (κ2) is 9.09. The van der Waals surface area contributed by atoms with Gasteiger partial charge in [0.15, 0.2) is 5.69 Å². The van der Waals surface area contributed by atoms with E-state index in [0.29, 0.717) is 16.7 Å².